The number of ether oxygens (including phenoxy) is 1. The molecule has 9 heteroatoms. The van der Waals surface area contributed by atoms with Crippen LogP contribution in [0.1, 0.15) is 51.8 Å². The van der Waals surface area contributed by atoms with Crippen molar-refractivity contribution in [2.45, 2.75) is 65.6 Å². The molecule has 36 heavy (non-hydrogen) atoms. The second-order valence-electron chi connectivity index (χ2n) is 11.1. The fraction of sp³-hybridized carbons (Fsp3) is 0.556. The van der Waals surface area contributed by atoms with E-state index in [9.17, 15) is 9.59 Å². The minimum atomic E-state index is -0.441. The monoisotopic (exact) mass is 492 g/mol. The fourth-order valence-electron chi connectivity index (χ4n) is 4.75. The molecule has 0 radical (unpaired) electrons. The molecule has 1 atom stereocenters. The summed E-state index contributed by atoms with van der Waals surface area (Å²) in [5.41, 5.74) is 3.18. The van der Waals surface area contributed by atoms with Gasteiger partial charge in [-0.3, -0.25) is 4.79 Å². The predicted molar refractivity (Wildman–Crippen MR) is 139 cm³/mol. The molecule has 5 rings (SSSR count). The largest absolute Gasteiger partial charge is 0.377 e. The summed E-state index contributed by atoms with van der Waals surface area (Å²) in [7, 11) is 0. The van der Waals surface area contributed by atoms with Gasteiger partial charge in [0, 0.05) is 41.4 Å². The summed E-state index contributed by atoms with van der Waals surface area (Å²) >= 11 is 0. The van der Waals surface area contributed by atoms with Crippen molar-refractivity contribution in [1.29, 1.82) is 0 Å². The summed E-state index contributed by atoms with van der Waals surface area (Å²) in [6.07, 6.45) is 2.83. The smallest absolute Gasteiger partial charge is 0.319 e. The number of urea groups is 1. The van der Waals surface area contributed by atoms with E-state index in [0.29, 0.717) is 38.2 Å². The van der Waals surface area contributed by atoms with E-state index in [-0.39, 0.29) is 18.0 Å². The van der Waals surface area contributed by atoms with Gasteiger partial charge in [-0.05, 0) is 50.5 Å². The van der Waals surface area contributed by atoms with E-state index in [4.69, 9.17) is 14.7 Å². The maximum atomic E-state index is 13.0. The highest BCUT2D eigenvalue weighted by atomic mass is 16.5. The van der Waals surface area contributed by atoms with Crippen LogP contribution in [0.5, 0.6) is 0 Å². The van der Waals surface area contributed by atoms with Gasteiger partial charge in [0.2, 0.25) is 5.91 Å². The van der Waals surface area contributed by atoms with Crippen LogP contribution >= 0.6 is 0 Å². The van der Waals surface area contributed by atoms with Crippen molar-refractivity contribution in [2.75, 3.05) is 36.5 Å². The molecule has 1 saturated heterocycles. The number of hydrogen-bond donors (Lipinski definition) is 2. The number of rotatable bonds is 4. The van der Waals surface area contributed by atoms with Crippen LogP contribution in [0.3, 0.4) is 0 Å². The Morgan fingerprint density at radius 3 is 2.50 bits per heavy atom. The van der Waals surface area contributed by atoms with Crippen molar-refractivity contribution in [3.05, 3.63) is 35.5 Å². The van der Waals surface area contributed by atoms with Crippen LogP contribution in [0.4, 0.5) is 16.3 Å². The first kappa shape index (κ1) is 24.5. The molecule has 1 saturated carbocycles. The molecule has 3 heterocycles. The Hall–Kier alpha value is -3.20. The summed E-state index contributed by atoms with van der Waals surface area (Å²) in [4.78, 5) is 39.3. The topological polar surface area (TPSA) is 99.7 Å². The van der Waals surface area contributed by atoms with Crippen LogP contribution in [-0.4, -0.2) is 65.2 Å². The van der Waals surface area contributed by atoms with Crippen LogP contribution in [0.2, 0.25) is 0 Å². The number of carbonyl (C=O) groups excluding carboxylic acids is 2. The first-order valence-corrected chi connectivity index (χ1v) is 12.9. The van der Waals surface area contributed by atoms with Crippen LogP contribution in [0.25, 0.3) is 11.4 Å². The normalized spacial score (nSPS) is 20.1. The summed E-state index contributed by atoms with van der Waals surface area (Å²) in [6.45, 7) is 11.3. The highest BCUT2D eigenvalue weighted by molar-refractivity contribution is 5.90. The van der Waals surface area contributed by atoms with Crippen LogP contribution < -0.4 is 15.5 Å². The minimum Gasteiger partial charge on any atom is -0.377 e. The molecular weight excluding hydrogens is 456 g/mol. The van der Waals surface area contributed by atoms with Crippen molar-refractivity contribution in [1.82, 2.24) is 20.2 Å². The molecule has 1 aliphatic carbocycles. The Balaban J connectivity index is 1.45. The van der Waals surface area contributed by atoms with Crippen molar-refractivity contribution in [3.8, 4) is 11.4 Å². The SMILES string of the molecule is C[C@H]1COCCN1c1nc(-c2ccc(NC(=O)NC3CC3)cc2)nc2c1CCN(C(=O)C(C)(C)C)C2. The number of nitrogens with one attached hydrogen (secondary N) is 2. The Labute approximate surface area is 212 Å². The van der Waals surface area contributed by atoms with Gasteiger partial charge < -0.3 is 25.2 Å². The molecule has 0 unspecified atom stereocenters. The molecule has 9 nitrogen and oxygen atoms in total. The van der Waals surface area contributed by atoms with E-state index in [1.807, 2.05) is 49.9 Å². The maximum Gasteiger partial charge on any atom is 0.319 e. The van der Waals surface area contributed by atoms with Gasteiger partial charge in [-0.25, -0.2) is 14.8 Å². The van der Waals surface area contributed by atoms with Gasteiger partial charge in [-0.15, -0.1) is 0 Å². The number of aromatic nitrogens is 2. The zero-order valence-electron chi connectivity index (χ0n) is 21.6. The lowest BCUT2D eigenvalue weighted by Gasteiger charge is -2.38. The number of amides is 3. The number of fused-ring (bicyclic) bond motifs is 1. The van der Waals surface area contributed by atoms with Gasteiger partial charge in [0.05, 0.1) is 31.5 Å². The molecule has 2 fully saturated rings. The minimum absolute atomic E-state index is 0.134. The van der Waals surface area contributed by atoms with Crippen LogP contribution in [-0.2, 0) is 22.5 Å². The Morgan fingerprint density at radius 2 is 1.83 bits per heavy atom. The molecule has 2 aromatic rings. The van der Waals surface area contributed by atoms with Gasteiger partial charge >= 0.3 is 6.03 Å². The van der Waals surface area contributed by atoms with E-state index in [1.165, 1.54) is 0 Å². The van der Waals surface area contributed by atoms with Crippen molar-refractivity contribution in [2.24, 2.45) is 5.41 Å². The molecule has 0 bridgehead atoms. The Morgan fingerprint density at radius 1 is 1.08 bits per heavy atom. The number of benzene rings is 1. The number of hydrogen-bond acceptors (Lipinski definition) is 6. The van der Waals surface area contributed by atoms with Crippen molar-refractivity contribution >= 4 is 23.4 Å². The fourth-order valence-corrected chi connectivity index (χ4v) is 4.75. The van der Waals surface area contributed by atoms with Gasteiger partial charge in [0.1, 0.15) is 5.82 Å². The first-order valence-electron chi connectivity index (χ1n) is 12.9. The molecule has 3 amide bonds. The second-order valence-corrected chi connectivity index (χ2v) is 11.1. The molecule has 1 aromatic carbocycles. The van der Waals surface area contributed by atoms with E-state index in [0.717, 1.165) is 54.1 Å². The molecule has 1 aromatic heterocycles. The lowest BCUT2D eigenvalue weighted by atomic mass is 9.93. The summed E-state index contributed by atoms with van der Waals surface area (Å²) in [5, 5.41) is 5.82. The van der Waals surface area contributed by atoms with E-state index in [1.54, 1.807) is 0 Å². The van der Waals surface area contributed by atoms with Crippen LogP contribution in [0.15, 0.2) is 24.3 Å². The maximum absolute atomic E-state index is 13.0. The Kier molecular flexibility index (Phi) is 6.59. The molecule has 2 aliphatic heterocycles. The van der Waals surface area contributed by atoms with E-state index < -0.39 is 5.41 Å². The zero-order valence-corrected chi connectivity index (χ0v) is 21.6. The lowest BCUT2D eigenvalue weighted by Crippen LogP contribution is -2.46. The summed E-state index contributed by atoms with van der Waals surface area (Å²) in [5.74, 6) is 1.70. The second kappa shape index (κ2) is 9.69. The van der Waals surface area contributed by atoms with E-state index in [2.05, 4.69) is 22.5 Å². The number of nitrogens with zero attached hydrogens (tertiary/aromatic N) is 4. The zero-order chi connectivity index (χ0) is 25.4. The number of carbonyl (C=O) groups is 2. The number of anilines is 2. The third kappa shape index (κ3) is 5.31. The summed E-state index contributed by atoms with van der Waals surface area (Å²) < 4.78 is 5.67. The average molecular weight is 493 g/mol. The van der Waals surface area contributed by atoms with Gasteiger partial charge in [0.15, 0.2) is 5.82 Å². The quantitative estimate of drug-likeness (QED) is 0.677. The van der Waals surface area contributed by atoms with E-state index >= 15 is 0 Å². The Bertz CT molecular complexity index is 1140. The highest BCUT2D eigenvalue weighted by Gasteiger charge is 2.33. The lowest BCUT2D eigenvalue weighted by molar-refractivity contribution is -0.140. The van der Waals surface area contributed by atoms with Crippen LogP contribution in [0, 0.1) is 5.41 Å². The molecule has 2 N–H and O–H groups in total. The third-order valence-corrected chi connectivity index (χ3v) is 6.93. The molecule has 3 aliphatic rings. The van der Waals surface area contributed by atoms with Gasteiger partial charge in [0.25, 0.3) is 0 Å². The van der Waals surface area contributed by atoms with Gasteiger partial charge in [-0.2, -0.15) is 0 Å². The number of morpholine rings is 1. The van der Waals surface area contributed by atoms with Gasteiger partial charge in [-0.1, -0.05) is 20.8 Å². The first-order chi connectivity index (χ1) is 17.2. The standard InChI is InChI=1S/C27H36N6O3/c1-17-16-36-14-13-33(17)24-21-11-12-32(25(34)27(2,3)4)15-22(21)30-23(31-24)18-5-7-19(8-6-18)28-26(35)29-20-9-10-20/h5-8,17,20H,9-16H2,1-4H3,(H2,28,29,35)/t17-/m0/s1. The summed E-state index contributed by atoms with van der Waals surface area (Å²) in [6, 6.07) is 7.94. The molecule has 0 spiro atoms. The highest BCUT2D eigenvalue weighted by Crippen LogP contribution is 2.33. The van der Waals surface area contributed by atoms with Crippen molar-refractivity contribution in [3.63, 3.8) is 0 Å². The predicted octanol–water partition coefficient (Wildman–Crippen LogP) is 3.58. The third-order valence-electron chi connectivity index (χ3n) is 6.93. The average Bonchev–Trinajstić information content (AvgIpc) is 3.66. The molecular formula is C27H36N6O3. The van der Waals surface area contributed by atoms with Crippen molar-refractivity contribution < 1.29 is 14.3 Å². The molecule has 192 valence electrons.